The lowest BCUT2D eigenvalue weighted by Gasteiger charge is -2.34. The average Bonchev–Trinajstić information content (AvgIpc) is 3.50. The predicted molar refractivity (Wildman–Crippen MR) is 122 cm³/mol. The van der Waals surface area contributed by atoms with E-state index in [0.717, 1.165) is 24.5 Å². The number of amides is 2. The summed E-state index contributed by atoms with van der Waals surface area (Å²) in [6.07, 6.45) is 2.47. The Labute approximate surface area is 190 Å². The van der Waals surface area contributed by atoms with Crippen LogP contribution < -0.4 is 5.32 Å². The number of carbonyl (C=O) groups is 2. The van der Waals surface area contributed by atoms with Crippen molar-refractivity contribution in [1.29, 1.82) is 0 Å². The first-order valence-electron chi connectivity index (χ1n) is 10.8. The number of piperazine rings is 1. The van der Waals surface area contributed by atoms with Crippen LogP contribution in [0.3, 0.4) is 0 Å². The molecule has 3 heterocycles. The van der Waals surface area contributed by atoms with Crippen LogP contribution in [0, 0.1) is 5.82 Å². The molecule has 1 fully saturated rings. The molecule has 1 N–H and O–H groups in total. The number of nitrogens with zero attached hydrogens (tertiary/aromatic N) is 2. The zero-order chi connectivity index (χ0) is 22.3. The van der Waals surface area contributed by atoms with Crippen LogP contribution in [0.4, 0.5) is 4.39 Å². The maximum atomic E-state index is 14.0. The zero-order valence-corrected chi connectivity index (χ0v) is 18.6. The fourth-order valence-corrected chi connectivity index (χ4v) is 4.82. The van der Waals surface area contributed by atoms with Crippen molar-refractivity contribution in [3.63, 3.8) is 0 Å². The Morgan fingerprint density at radius 3 is 2.59 bits per heavy atom. The quantitative estimate of drug-likeness (QED) is 0.522. The van der Waals surface area contributed by atoms with Crippen LogP contribution in [0.25, 0.3) is 10.4 Å². The van der Waals surface area contributed by atoms with Gasteiger partial charge >= 0.3 is 0 Å². The Morgan fingerprint density at radius 1 is 1.03 bits per heavy atom. The van der Waals surface area contributed by atoms with E-state index in [1.807, 2.05) is 17.0 Å². The predicted octanol–water partition coefficient (Wildman–Crippen LogP) is 4.00. The van der Waals surface area contributed by atoms with Gasteiger partial charge in [-0.2, -0.15) is 0 Å². The third-order valence-electron chi connectivity index (χ3n) is 5.50. The highest BCUT2D eigenvalue weighted by Gasteiger charge is 2.21. The van der Waals surface area contributed by atoms with Crippen molar-refractivity contribution in [2.75, 3.05) is 32.7 Å². The number of rotatable bonds is 8. The summed E-state index contributed by atoms with van der Waals surface area (Å²) in [5.41, 5.74) is 0.638. The van der Waals surface area contributed by atoms with Gasteiger partial charge in [-0.15, -0.1) is 11.3 Å². The number of hydrogen-bond acceptors (Lipinski definition) is 5. The van der Waals surface area contributed by atoms with Gasteiger partial charge < -0.3 is 14.6 Å². The second kappa shape index (κ2) is 10.6. The SMILES string of the molecule is O=C(NCCCC(=O)N1CCN(Cc2ccc(-c3ccccc3F)s2)CC1)c1ccco1. The van der Waals surface area contributed by atoms with E-state index in [-0.39, 0.29) is 23.4 Å². The van der Waals surface area contributed by atoms with Crippen LogP contribution in [-0.4, -0.2) is 54.3 Å². The molecule has 6 nitrogen and oxygen atoms in total. The highest BCUT2D eigenvalue weighted by Crippen LogP contribution is 2.30. The monoisotopic (exact) mass is 455 g/mol. The molecule has 4 rings (SSSR count). The third kappa shape index (κ3) is 5.63. The lowest BCUT2D eigenvalue weighted by molar-refractivity contribution is -0.133. The smallest absolute Gasteiger partial charge is 0.286 e. The Morgan fingerprint density at radius 2 is 1.84 bits per heavy atom. The molecule has 8 heteroatoms. The van der Waals surface area contributed by atoms with Gasteiger partial charge in [0.05, 0.1) is 6.26 Å². The number of halogens is 1. The average molecular weight is 456 g/mol. The second-order valence-corrected chi connectivity index (χ2v) is 8.91. The lowest BCUT2D eigenvalue weighted by Crippen LogP contribution is -2.48. The summed E-state index contributed by atoms with van der Waals surface area (Å²) in [6.45, 7) is 4.27. The molecule has 0 atom stereocenters. The summed E-state index contributed by atoms with van der Waals surface area (Å²) >= 11 is 1.61. The number of nitrogens with one attached hydrogen (secondary N) is 1. The van der Waals surface area contributed by atoms with E-state index >= 15 is 0 Å². The molecule has 0 radical (unpaired) electrons. The van der Waals surface area contributed by atoms with E-state index in [9.17, 15) is 14.0 Å². The van der Waals surface area contributed by atoms with Crippen molar-refractivity contribution in [3.05, 3.63) is 71.2 Å². The molecule has 2 amide bonds. The molecule has 1 aliphatic rings. The molecule has 168 valence electrons. The Kier molecular flexibility index (Phi) is 7.34. The zero-order valence-electron chi connectivity index (χ0n) is 17.8. The third-order valence-corrected chi connectivity index (χ3v) is 6.61. The van der Waals surface area contributed by atoms with E-state index in [1.54, 1.807) is 35.6 Å². The van der Waals surface area contributed by atoms with Crippen molar-refractivity contribution in [2.45, 2.75) is 19.4 Å². The highest BCUT2D eigenvalue weighted by molar-refractivity contribution is 7.15. The summed E-state index contributed by atoms with van der Waals surface area (Å²) < 4.78 is 19.1. The molecule has 0 spiro atoms. The van der Waals surface area contributed by atoms with Gasteiger partial charge in [-0.1, -0.05) is 18.2 Å². The van der Waals surface area contributed by atoms with Crippen molar-refractivity contribution in [2.24, 2.45) is 0 Å². The van der Waals surface area contributed by atoms with Gasteiger partial charge in [0.2, 0.25) is 5.91 Å². The molecule has 0 bridgehead atoms. The van der Waals surface area contributed by atoms with Crippen LogP contribution in [0.15, 0.2) is 59.2 Å². The second-order valence-electron chi connectivity index (χ2n) is 7.74. The molecule has 0 saturated carbocycles. The summed E-state index contributed by atoms with van der Waals surface area (Å²) in [6, 6.07) is 14.1. The lowest BCUT2D eigenvalue weighted by atomic mass is 10.2. The van der Waals surface area contributed by atoms with Crippen molar-refractivity contribution >= 4 is 23.2 Å². The van der Waals surface area contributed by atoms with E-state index in [2.05, 4.69) is 16.3 Å². The van der Waals surface area contributed by atoms with Crippen LogP contribution in [0.2, 0.25) is 0 Å². The van der Waals surface area contributed by atoms with Gasteiger partial charge in [0, 0.05) is 61.0 Å². The van der Waals surface area contributed by atoms with Crippen LogP contribution in [0.5, 0.6) is 0 Å². The van der Waals surface area contributed by atoms with Crippen molar-refractivity contribution in [1.82, 2.24) is 15.1 Å². The fourth-order valence-electron chi connectivity index (χ4n) is 3.74. The maximum Gasteiger partial charge on any atom is 0.286 e. The van der Waals surface area contributed by atoms with Gasteiger partial charge in [0.15, 0.2) is 5.76 Å². The van der Waals surface area contributed by atoms with Gasteiger partial charge in [-0.05, 0) is 36.8 Å². The largest absolute Gasteiger partial charge is 0.459 e. The van der Waals surface area contributed by atoms with Crippen molar-refractivity contribution < 1.29 is 18.4 Å². The summed E-state index contributed by atoms with van der Waals surface area (Å²) in [4.78, 5) is 30.6. The Bertz CT molecular complexity index is 1040. The highest BCUT2D eigenvalue weighted by atomic mass is 32.1. The van der Waals surface area contributed by atoms with Gasteiger partial charge in [-0.3, -0.25) is 14.5 Å². The number of furan rings is 1. The molecule has 0 unspecified atom stereocenters. The molecule has 32 heavy (non-hydrogen) atoms. The van der Waals surface area contributed by atoms with E-state index in [4.69, 9.17) is 4.42 Å². The molecule has 1 aromatic carbocycles. The minimum absolute atomic E-state index is 0.120. The molecule has 0 aliphatic carbocycles. The minimum atomic E-state index is -0.261. The number of carbonyl (C=O) groups excluding carboxylic acids is 2. The summed E-state index contributed by atoms with van der Waals surface area (Å²) in [5.74, 6) is -0.0644. The van der Waals surface area contributed by atoms with Crippen LogP contribution in [-0.2, 0) is 11.3 Å². The first-order chi connectivity index (χ1) is 15.6. The molecule has 2 aromatic heterocycles. The van der Waals surface area contributed by atoms with Crippen LogP contribution in [0.1, 0.15) is 28.3 Å². The number of thiophene rings is 1. The molecule has 3 aromatic rings. The normalized spacial score (nSPS) is 14.5. The summed E-state index contributed by atoms with van der Waals surface area (Å²) in [7, 11) is 0. The van der Waals surface area contributed by atoms with Crippen LogP contribution >= 0.6 is 11.3 Å². The summed E-state index contributed by atoms with van der Waals surface area (Å²) in [5, 5.41) is 2.76. The number of hydrogen-bond donors (Lipinski definition) is 1. The van der Waals surface area contributed by atoms with Gasteiger partial charge in [0.25, 0.3) is 5.91 Å². The molecule has 1 aliphatic heterocycles. The standard InChI is InChI=1S/C24H26FN3O3S/c25-20-6-2-1-5-19(20)22-10-9-18(32-22)17-27-12-14-28(15-13-27)23(29)8-3-11-26-24(30)21-7-4-16-31-21/h1-2,4-7,9-10,16H,3,8,11-15,17H2,(H,26,30). The number of benzene rings is 1. The molecule has 1 saturated heterocycles. The topological polar surface area (TPSA) is 65.8 Å². The Hall–Kier alpha value is -2.97. The maximum absolute atomic E-state index is 14.0. The Balaban J connectivity index is 1.17. The van der Waals surface area contributed by atoms with Gasteiger partial charge in [0.1, 0.15) is 5.82 Å². The minimum Gasteiger partial charge on any atom is -0.459 e. The molecular formula is C24H26FN3O3S. The van der Waals surface area contributed by atoms with Gasteiger partial charge in [-0.25, -0.2) is 4.39 Å². The first-order valence-corrected chi connectivity index (χ1v) is 11.6. The fraction of sp³-hybridized carbons (Fsp3) is 0.333. The first kappa shape index (κ1) is 22.2. The van der Waals surface area contributed by atoms with E-state index in [1.165, 1.54) is 17.2 Å². The van der Waals surface area contributed by atoms with Crippen molar-refractivity contribution in [3.8, 4) is 10.4 Å². The molecular weight excluding hydrogens is 429 g/mol. The van der Waals surface area contributed by atoms with E-state index in [0.29, 0.717) is 38.0 Å². The van der Waals surface area contributed by atoms with E-state index < -0.39 is 0 Å².